The van der Waals surface area contributed by atoms with Crippen molar-refractivity contribution in [3.05, 3.63) is 29.4 Å². The topological polar surface area (TPSA) is 131 Å². The third kappa shape index (κ3) is 5.02. The summed E-state index contributed by atoms with van der Waals surface area (Å²) in [7, 11) is -2.17. The minimum Gasteiger partial charge on any atom is -0.495 e. The summed E-state index contributed by atoms with van der Waals surface area (Å²) in [6.07, 6.45) is 3.40. The molecule has 0 amide bonds. The number of ether oxygens (including phenoxy) is 3. The van der Waals surface area contributed by atoms with Crippen LogP contribution in [0.15, 0.2) is 29.3 Å². The number of halogens is 1. The van der Waals surface area contributed by atoms with Crippen molar-refractivity contribution >= 4 is 50.1 Å². The van der Waals surface area contributed by atoms with Crippen LogP contribution >= 0.6 is 11.6 Å². The number of hydrogen-bond acceptors (Lipinski definition) is 9. The third-order valence-corrected chi connectivity index (χ3v) is 8.27. The van der Waals surface area contributed by atoms with E-state index >= 15 is 0 Å². The van der Waals surface area contributed by atoms with Crippen LogP contribution in [0.5, 0.6) is 5.75 Å². The molecule has 0 aliphatic carbocycles. The number of aromatic amines is 1. The van der Waals surface area contributed by atoms with Crippen molar-refractivity contribution < 1.29 is 22.6 Å². The normalized spacial score (nSPS) is 18.0. The number of nitrogens with zero attached hydrogens (tertiary/aromatic N) is 3. The van der Waals surface area contributed by atoms with Crippen molar-refractivity contribution in [3.63, 3.8) is 0 Å². The molecular weight excluding hydrogens is 496 g/mol. The van der Waals surface area contributed by atoms with Crippen LogP contribution in [0, 0.1) is 0 Å². The Hall–Kier alpha value is -2.64. The summed E-state index contributed by atoms with van der Waals surface area (Å²) in [5.74, 6) is 1.28. The number of H-pyrrole nitrogens is 1. The Morgan fingerprint density at radius 2 is 1.89 bits per heavy atom. The minimum atomic E-state index is -3.66. The van der Waals surface area contributed by atoms with Gasteiger partial charge in [0.15, 0.2) is 0 Å². The molecule has 2 aliphatic rings. The number of rotatable bonds is 7. The molecule has 1 aromatic carbocycles. The summed E-state index contributed by atoms with van der Waals surface area (Å²) in [5, 5.41) is 7.86. The van der Waals surface area contributed by atoms with E-state index in [4.69, 9.17) is 25.8 Å². The van der Waals surface area contributed by atoms with Crippen molar-refractivity contribution in [1.82, 2.24) is 19.3 Å². The lowest BCUT2D eigenvalue weighted by atomic mass is 10.1. The molecule has 5 rings (SSSR count). The van der Waals surface area contributed by atoms with Gasteiger partial charge in [0.25, 0.3) is 0 Å². The van der Waals surface area contributed by atoms with Crippen LogP contribution in [-0.2, 0) is 19.5 Å². The van der Waals surface area contributed by atoms with Crippen molar-refractivity contribution in [1.29, 1.82) is 0 Å². The Morgan fingerprint density at radius 3 is 2.63 bits per heavy atom. The number of anilines is 3. The van der Waals surface area contributed by atoms with Gasteiger partial charge in [-0.05, 0) is 25.0 Å². The van der Waals surface area contributed by atoms with Crippen LogP contribution in [0.2, 0.25) is 5.02 Å². The summed E-state index contributed by atoms with van der Waals surface area (Å²) >= 11 is 6.39. The number of morpholine rings is 1. The zero-order chi connectivity index (χ0) is 24.4. The van der Waals surface area contributed by atoms with Crippen LogP contribution < -0.4 is 15.4 Å². The standard InChI is InChI=1S/C22H27ClN6O5S/c1-32-18-12-15(35(30,31)29-6-10-34-11-7-29)2-3-17(18)26-22-27-20-19(16(23)13-24-20)21(28-22)25-14-4-8-33-9-5-14/h2-3,12-14H,4-11H2,1H3,(H3,24,25,26,27,28). The van der Waals surface area contributed by atoms with Crippen LogP contribution in [0.3, 0.4) is 0 Å². The summed E-state index contributed by atoms with van der Waals surface area (Å²) in [6.45, 7) is 2.77. The second-order valence-electron chi connectivity index (χ2n) is 8.29. The lowest BCUT2D eigenvalue weighted by Gasteiger charge is -2.26. The Bertz CT molecular complexity index is 1310. The number of nitrogens with one attached hydrogen (secondary N) is 3. The van der Waals surface area contributed by atoms with E-state index in [0.29, 0.717) is 78.8 Å². The van der Waals surface area contributed by atoms with Crippen LogP contribution in [0.1, 0.15) is 12.8 Å². The second-order valence-corrected chi connectivity index (χ2v) is 10.6. The number of methoxy groups -OCH3 is 1. The van der Waals surface area contributed by atoms with Crippen LogP contribution in [-0.4, -0.2) is 80.3 Å². The molecule has 0 bridgehead atoms. The van der Waals surface area contributed by atoms with Gasteiger partial charge in [-0.15, -0.1) is 0 Å². The van der Waals surface area contributed by atoms with Gasteiger partial charge >= 0.3 is 0 Å². The van der Waals surface area contributed by atoms with Crippen LogP contribution in [0.25, 0.3) is 11.0 Å². The monoisotopic (exact) mass is 522 g/mol. The maximum absolute atomic E-state index is 13.0. The molecule has 188 valence electrons. The smallest absolute Gasteiger partial charge is 0.243 e. The Kier molecular flexibility index (Phi) is 6.98. The molecule has 0 atom stereocenters. The van der Waals surface area contributed by atoms with Gasteiger partial charge in [-0.3, -0.25) is 0 Å². The highest BCUT2D eigenvalue weighted by molar-refractivity contribution is 7.89. The average molecular weight is 523 g/mol. The lowest BCUT2D eigenvalue weighted by molar-refractivity contribution is 0.0730. The first-order chi connectivity index (χ1) is 17.0. The molecule has 3 N–H and O–H groups in total. The van der Waals surface area contributed by atoms with Gasteiger partial charge in [-0.25, -0.2) is 8.42 Å². The van der Waals surface area contributed by atoms with Gasteiger partial charge in [-0.2, -0.15) is 14.3 Å². The minimum absolute atomic E-state index is 0.149. The van der Waals surface area contributed by atoms with Gasteiger partial charge in [0, 0.05) is 44.6 Å². The summed E-state index contributed by atoms with van der Waals surface area (Å²) in [4.78, 5) is 12.4. The Morgan fingerprint density at radius 1 is 1.14 bits per heavy atom. The maximum Gasteiger partial charge on any atom is 0.243 e. The molecular formula is C22H27ClN6O5S. The van der Waals surface area contributed by atoms with E-state index in [1.54, 1.807) is 18.3 Å². The fourth-order valence-corrected chi connectivity index (χ4v) is 5.84. The first kappa shape index (κ1) is 24.1. The van der Waals surface area contributed by atoms with E-state index in [9.17, 15) is 8.42 Å². The summed E-state index contributed by atoms with van der Waals surface area (Å²) < 4.78 is 43.7. The number of fused-ring (bicyclic) bond motifs is 1. The van der Waals surface area contributed by atoms with Crippen molar-refractivity contribution in [2.45, 2.75) is 23.8 Å². The molecule has 2 aliphatic heterocycles. The first-order valence-corrected chi connectivity index (χ1v) is 13.2. The van der Waals surface area contributed by atoms with E-state index in [0.717, 1.165) is 12.8 Å². The summed E-state index contributed by atoms with van der Waals surface area (Å²) in [5.41, 5.74) is 1.11. The predicted molar refractivity (Wildman–Crippen MR) is 132 cm³/mol. The highest BCUT2D eigenvalue weighted by Gasteiger charge is 2.27. The zero-order valence-electron chi connectivity index (χ0n) is 19.2. The molecule has 2 aromatic heterocycles. The van der Waals surface area contributed by atoms with Crippen molar-refractivity contribution in [2.24, 2.45) is 0 Å². The Labute approximate surface area is 208 Å². The van der Waals surface area contributed by atoms with Gasteiger partial charge in [0.05, 0.1) is 41.3 Å². The molecule has 0 radical (unpaired) electrons. The van der Waals surface area contributed by atoms with Crippen LogP contribution in [0.4, 0.5) is 17.5 Å². The molecule has 0 unspecified atom stereocenters. The predicted octanol–water partition coefficient (Wildman–Crippen LogP) is 2.98. The van der Waals surface area contributed by atoms with Gasteiger partial charge in [0.2, 0.25) is 16.0 Å². The summed E-state index contributed by atoms with van der Waals surface area (Å²) in [6, 6.07) is 4.89. The van der Waals surface area contributed by atoms with Crippen molar-refractivity contribution in [2.75, 3.05) is 57.3 Å². The van der Waals surface area contributed by atoms with E-state index in [1.807, 2.05) is 0 Å². The lowest BCUT2D eigenvalue weighted by Crippen LogP contribution is -2.40. The van der Waals surface area contributed by atoms with Gasteiger partial charge < -0.3 is 29.8 Å². The maximum atomic E-state index is 13.0. The van der Waals surface area contributed by atoms with E-state index < -0.39 is 10.0 Å². The fraction of sp³-hybridized carbons (Fsp3) is 0.455. The fourth-order valence-electron chi connectivity index (χ4n) is 4.18. The second kappa shape index (κ2) is 10.2. The van der Waals surface area contributed by atoms with E-state index in [1.165, 1.54) is 17.5 Å². The molecule has 11 nitrogen and oxygen atoms in total. The highest BCUT2D eigenvalue weighted by atomic mass is 35.5. The largest absolute Gasteiger partial charge is 0.495 e. The quantitative estimate of drug-likeness (QED) is 0.428. The van der Waals surface area contributed by atoms with E-state index in [2.05, 4.69) is 25.6 Å². The third-order valence-electron chi connectivity index (χ3n) is 6.07. The molecule has 13 heteroatoms. The number of aromatic nitrogens is 3. The molecule has 35 heavy (non-hydrogen) atoms. The van der Waals surface area contributed by atoms with E-state index in [-0.39, 0.29) is 10.9 Å². The molecule has 3 aromatic rings. The number of hydrogen-bond donors (Lipinski definition) is 3. The Balaban J connectivity index is 1.44. The molecule has 2 fully saturated rings. The van der Waals surface area contributed by atoms with Gasteiger partial charge in [-0.1, -0.05) is 11.6 Å². The molecule has 0 spiro atoms. The van der Waals surface area contributed by atoms with Gasteiger partial charge in [0.1, 0.15) is 17.2 Å². The number of sulfonamides is 1. The molecule has 4 heterocycles. The van der Waals surface area contributed by atoms with Crippen molar-refractivity contribution in [3.8, 4) is 5.75 Å². The molecule has 0 saturated carbocycles. The SMILES string of the molecule is COc1cc(S(=O)(=O)N2CCOCC2)ccc1Nc1nc(NC2CCOCC2)c2c(Cl)c[nH]c2n1. The zero-order valence-corrected chi connectivity index (χ0v) is 20.8. The highest BCUT2D eigenvalue weighted by Crippen LogP contribution is 2.34. The number of benzene rings is 1. The first-order valence-electron chi connectivity index (χ1n) is 11.4. The molecule has 2 saturated heterocycles. The average Bonchev–Trinajstić information content (AvgIpc) is 3.26.